The summed E-state index contributed by atoms with van der Waals surface area (Å²) in [7, 11) is 3.76. The Bertz CT molecular complexity index is 402. The Labute approximate surface area is 103 Å². The molecule has 1 aromatic carbocycles. The normalized spacial score (nSPS) is 10.4. The smallest absolute Gasteiger partial charge is 0.145 e. The molecule has 0 saturated carbocycles. The summed E-state index contributed by atoms with van der Waals surface area (Å²) in [4.78, 5) is 2.16. The summed E-state index contributed by atoms with van der Waals surface area (Å²) in [6, 6.07) is 0. The lowest BCUT2D eigenvalue weighted by Crippen LogP contribution is -2.19. The van der Waals surface area contributed by atoms with Crippen molar-refractivity contribution in [3.8, 4) is 5.75 Å². The zero-order chi connectivity index (χ0) is 12.5. The van der Waals surface area contributed by atoms with Crippen LogP contribution in [0, 0.1) is 20.8 Å². The molecular formula is C13H20ClNO. The Morgan fingerprint density at radius 3 is 2.12 bits per heavy atom. The average Bonchev–Trinajstić information content (AvgIpc) is 2.29. The minimum absolute atomic E-state index is 0.841. The van der Waals surface area contributed by atoms with Crippen molar-refractivity contribution in [3.63, 3.8) is 0 Å². The van der Waals surface area contributed by atoms with E-state index in [9.17, 15) is 0 Å². The molecule has 0 aliphatic rings. The summed E-state index contributed by atoms with van der Waals surface area (Å²) in [6.07, 6.45) is 0. The molecule has 90 valence electrons. The number of benzene rings is 1. The first kappa shape index (κ1) is 13.2. The number of nitrogens with zero attached hydrogens (tertiary/aromatic N) is 1. The standard InChI is InChI=1S/C13H20ClNO/c1-7-15(5)12-10(4)11(14)8(2)9(3)13(12)16-6/h7H2,1-6H3. The number of methoxy groups -OCH3 is 1. The fourth-order valence-electron chi connectivity index (χ4n) is 1.94. The number of ether oxygens (including phenoxy) is 1. The Morgan fingerprint density at radius 1 is 1.12 bits per heavy atom. The molecule has 0 fully saturated rings. The zero-order valence-electron chi connectivity index (χ0n) is 10.9. The molecule has 2 nitrogen and oxygen atoms in total. The molecule has 0 amide bonds. The van der Waals surface area contributed by atoms with Crippen LogP contribution in [0.2, 0.25) is 5.02 Å². The van der Waals surface area contributed by atoms with Gasteiger partial charge in [0.2, 0.25) is 0 Å². The number of hydrogen-bond donors (Lipinski definition) is 0. The van der Waals surface area contributed by atoms with Crippen molar-refractivity contribution in [1.29, 1.82) is 0 Å². The Hall–Kier alpha value is -0.890. The number of rotatable bonds is 3. The van der Waals surface area contributed by atoms with Crippen LogP contribution in [0.25, 0.3) is 0 Å². The minimum atomic E-state index is 0.841. The summed E-state index contributed by atoms with van der Waals surface area (Å²) < 4.78 is 5.52. The molecule has 0 aliphatic carbocycles. The molecule has 0 bridgehead atoms. The molecule has 0 aliphatic heterocycles. The number of anilines is 1. The van der Waals surface area contributed by atoms with Crippen LogP contribution in [-0.2, 0) is 0 Å². The summed E-state index contributed by atoms with van der Waals surface area (Å²) in [6.45, 7) is 9.16. The Kier molecular flexibility index (Phi) is 4.09. The second-order valence-electron chi connectivity index (χ2n) is 4.09. The van der Waals surface area contributed by atoms with Crippen molar-refractivity contribution in [2.75, 3.05) is 25.6 Å². The second-order valence-corrected chi connectivity index (χ2v) is 4.46. The minimum Gasteiger partial charge on any atom is -0.494 e. The van der Waals surface area contributed by atoms with Crippen molar-refractivity contribution in [1.82, 2.24) is 0 Å². The van der Waals surface area contributed by atoms with E-state index in [1.54, 1.807) is 7.11 Å². The van der Waals surface area contributed by atoms with E-state index in [4.69, 9.17) is 16.3 Å². The molecular weight excluding hydrogens is 222 g/mol. The maximum Gasteiger partial charge on any atom is 0.145 e. The third-order valence-corrected chi connectivity index (χ3v) is 3.76. The topological polar surface area (TPSA) is 12.5 Å². The molecule has 16 heavy (non-hydrogen) atoms. The molecule has 0 unspecified atom stereocenters. The average molecular weight is 242 g/mol. The zero-order valence-corrected chi connectivity index (χ0v) is 11.7. The predicted octanol–water partition coefficient (Wildman–Crippen LogP) is 3.73. The SMILES string of the molecule is CCN(C)c1c(C)c(Cl)c(C)c(C)c1OC. The van der Waals surface area contributed by atoms with Crippen LogP contribution in [0.1, 0.15) is 23.6 Å². The molecule has 0 radical (unpaired) electrons. The summed E-state index contributed by atoms with van der Waals surface area (Å²) in [5.74, 6) is 0.934. The highest BCUT2D eigenvalue weighted by molar-refractivity contribution is 6.32. The lowest BCUT2D eigenvalue weighted by molar-refractivity contribution is 0.411. The van der Waals surface area contributed by atoms with E-state index in [0.717, 1.165) is 39.7 Å². The van der Waals surface area contributed by atoms with E-state index in [-0.39, 0.29) is 0 Å². The quantitative estimate of drug-likeness (QED) is 0.800. The number of halogens is 1. The monoisotopic (exact) mass is 241 g/mol. The lowest BCUT2D eigenvalue weighted by atomic mass is 10.0. The van der Waals surface area contributed by atoms with Crippen LogP contribution >= 0.6 is 11.6 Å². The second kappa shape index (κ2) is 4.96. The Morgan fingerprint density at radius 2 is 1.69 bits per heavy atom. The molecule has 0 N–H and O–H groups in total. The highest BCUT2D eigenvalue weighted by atomic mass is 35.5. The molecule has 0 aromatic heterocycles. The van der Waals surface area contributed by atoms with Crippen LogP contribution in [0.4, 0.5) is 5.69 Å². The fraction of sp³-hybridized carbons (Fsp3) is 0.538. The van der Waals surface area contributed by atoms with E-state index in [1.807, 2.05) is 20.8 Å². The van der Waals surface area contributed by atoms with Gasteiger partial charge in [0.25, 0.3) is 0 Å². The van der Waals surface area contributed by atoms with Crippen LogP contribution in [0.15, 0.2) is 0 Å². The molecule has 0 spiro atoms. The van der Waals surface area contributed by atoms with Gasteiger partial charge in [0, 0.05) is 18.6 Å². The van der Waals surface area contributed by atoms with Crippen molar-refractivity contribution in [2.24, 2.45) is 0 Å². The van der Waals surface area contributed by atoms with Crippen LogP contribution in [-0.4, -0.2) is 20.7 Å². The first-order valence-electron chi connectivity index (χ1n) is 5.50. The van der Waals surface area contributed by atoms with E-state index in [0.29, 0.717) is 0 Å². The first-order chi connectivity index (χ1) is 7.45. The largest absolute Gasteiger partial charge is 0.494 e. The summed E-state index contributed by atoms with van der Waals surface area (Å²) >= 11 is 6.34. The van der Waals surface area contributed by atoms with Crippen molar-refractivity contribution < 1.29 is 4.74 Å². The van der Waals surface area contributed by atoms with Crippen molar-refractivity contribution >= 4 is 17.3 Å². The van der Waals surface area contributed by atoms with Gasteiger partial charge in [-0.15, -0.1) is 0 Å². The van der Waals surface area contributed by atoms with E-state index in [1.165, 1.54) is 0 Å². The molecule has 1 aromatic rings. The molecule has 0 atom stereocenters. The summed E-state index contributed by atoms with van der Waals surface area (Å²) in [5, 5.41) is 0.841. The van der Waals surface area contributed by atoms with Crippen LogP contribution < -0.4 is 9.64 Å². The Balaban J connectivity index is 3.57. The van der Waals surface area contributed by atoms with Crippen LogP contribution in [0.3, 0.4) is 0 Å². The van der Waals surface area contributed by atoms with Gasteiger partial charge in [0.05, 0.1) is 12.8 Å². The van der Waals surface area contributed by atoms with E-state index in [2.05, 4.69) is 18.9 Å². The van der Waals surface area contributed by atoms with E-state index >= 15 is 0 Å². The van der Waals surface area contributed by atoms with Gasteiger partial charge < -0.3 is 9.64 Å². The van der Waals surface area contributed by atoms with Crippen molar-refractivity contribution in [2.45, 2.75) is 27.7 Å². The third kappa shape index (κ3) is 1.99. The van der Waals surface area contributed by atoms with Gasteiger partial charge in [-0.05, 0) is 44.4 Å². The van der Waals surface area contributed by atoms with Crippen molar-refractivity contribution in [3.05, 3.63) is 21.7 Å². The van der Waals surface area contributed by atoms with Gasteiger partial charge >= 0.3 is 0 Å². The highest BCUT2D eigenvalue weighted by Gasteiger charge is 2.18. The number of hydrogen-bond acceptors (Lipinski definition) is 2. The first-order valence-corrected chi connectivity index (χ1v) is 5.87. The summed E-state index contributed by atoms with van der Waals surface area (Å²) in [5.41, 5.74) is 4.40. The van der Waals surface area contributed by atoms with Gasteiger partial charge in [-0.1, -0.05) is 11.6 Å². The molecule has 1 rings (SSSR count). The lowest BCUT2D eigenvalue weighted by Gasteiger charge is -2.25. The highest BCUT2D eigenvalue weighted by Crippen LogP contribution is 2.41. The van der Waals surface area contributed by atoms with Gasteiger partial charge in [-0.25, -0.2) is 0 Å². The maximum atomic E-state index is 6.34. The molecule has 3 heteroatoms. The van der Waals surface area contributed by atoms with Gasteiger partial charge in [-0.3, -0.25) is 0 Å². The third-order valence-electron chi connectivity index (χ3n) is 3.19. The molecule has 0 heterocycles. The van der Waals surface area contributed by atoms with Gasteiger partial charge in [0.1, 0.15) is 5.75 Å². The van der Waals surface area contributed by atoms with Crippen LogP contribution in [0.5, 0.6) is 5.75 Å². The van der Waals surface area contributed by atoms with E-state index < -0.39 is 0 Å². The molecule has 0 saturated heterocycles. The maximum absolute atomic E-state index is 6.34. The van der Waals surface area contributed by atoms with Gasteiger partial charge in [-0.2, -0.15) is 0 Å². The van der Waals surface area contributed by atoms with Gasteiger partial charge in [0.15, 0.2) is 0 Å². The fourth-order valence-corrected chi connectivity index (χ4v) is 2.17. The predicted molar refractivity (Wildman–Crippen MR) is 71.2 cm³/mol.